The van der Waals surface area contributed by atoms with Crippen molar-refractivity contribution in [2.75, 3.05) is 19.8 Å². The van der Waals surface area contributed by atoms with Crippen LogP contribution in [0.25, 0.3) is 0 Å². The van der Waals surface area contributed by atoms with Gasteiger partial charge in [-0.25, -0.2) is 0 Å². The van der Waals surface area contributed by atoms with Crippen molar-refractivity contribution in [1.29, 1.82) is 0 Å². The fraction of sp³-hybridized carbons (Fsp3) is 0.647. The number of ether oxygens (including phenoxy) is 1. The molecule has 2 heteroatoms. The zero-order valence-electron chi connectivity index (χ0n) is 12.6. The lowest BCUT2D eigenvalue weighted by Crippen LogP contribution is -2.54. The number of hydrogen-bond donors (Lipinski definition) is 1. The SMILES string of the molecule is Cc1cc(C)c(C)c(C2(CNC3CC3)COC2)c1C. The van der Waals surface area contributed by atoms with Gasteiger partial charge in [-0.2, -0.15) is 0 Å². The normalized spacial score (nSPS) is 21.3. The second-order valence-electron chi connectivity index (χ2n) is 6.56. The van der Waals surface area contributed by atoms with E-state index in [2.05, 4.69) is 39.1 Å². The number of hydrogen-bond acceptors (Lipinski definition) is 2. The van der Waals surface area contributed by atoms with Gasteiger partial charge in [0.15, 0.2) is 0 Å². The standard InChI is InChI=1S/C17H25NO/c1-11-7-12(2)14(4)16(13(11)3)17(9-19-10-17)8-18-15-5-6-15/h7,15,18H,5-6,8-10H2,1-4H3. The molecule has 2 fully saturated rings. The van der Waals surface area contributed by atoms with E-state index in [4.69, 9.17) is 4.74 Å². The average molecular weight is 259 g/mol. The molecule has 2 aliphatic rings. The highest BCUT2D eigenvalue weighted by Crippen LogP contribution is 2.39. The van der Waals surface area contributed by atoms with E-state index in [1.54, 1.807) is 5.56 Å². The summed E-state index contributed by atoms with van der Waals surface area (Å²) in [6.45, 7) is 11.8. The van der Waals surface area contributed by atoms with Crippen molar-refractivity contribution in [3.8, 4) is 0 Å². The van der Waals surface area contributed by atoms with Gasteiger partial charge < -0.3 is 10.1 Å². The Morgan fingerprint density at radius 3 is 2.11 bits per heavy atom. The fourth-order valence-electron chi connectivity index (χ4n) is 3.32. The molecule has 3 rings (SSSR count). The van der Waals surface area contributed by atoms with Crippen LogP contribution in [0, 0.1) is 27.7 Å². The Kier molecular flexibility index (Phi) is 3.18. The zero-order chi connectivity index (χ0) is 13.6. The van der Waals surface area contributed by atoms with Crippen LogP contribution in [-0.4, -0.2) is 25.8 Å². The number of benzene rings is 1. The van der Waals surface area contributed by atoms with Crippen molar-refractivity contribution in [2.24, 2.45) is 0 Å². The lowest BCUT2D eigenvalue weighted by Gasteiger charge is -2.44. The Morgan fingerprint density at radius 2 is 1.68 bits per heavy atom. The van der Waals surface area contributed by atoms with Crippen molar-refractivity contribution in [1.82, 2.24) is 5.32 Å². The Morgan fingerprint density at radius 1 is 1.11 bits per heavy atom. The van der Waals surface area contributed by atoms with Gasteiger partial charge in [0, 0.05) is 12.6 Å². The molecule has 0 spiro atoms. The van der Waals surface area contributed by atoms with Gasteiger partial charge in [0.05, 0.1) is 18.6 Å². The van der Waals surface area contributed by atoms with Crippen LogP contribution in [0.2, 0.25) is 0 Å². The summed E-state index contributed by atoms with van der Waals surface area (Å²) in [4.78, 5) is 0. The summed E-state index contributed by atoms with van der Waals surface area (Å²) < 4.78 is 5.60. The highest BCUT2D eigenvalue weighted by atomic mass is 16.5. The maximum absolute atomic E-state index is 5.60. The van der Waals surface area contributed by atoms with Gasteiger partial charge in [0.2, 0.25) is 0 Å². The van der Waals surface area contributed by atoms with Crippen LogP contribution in [0.1, 0.15) is 40.7 Å². The molecule has 1 heterocycles. The molecule has 104 valence electrons. The lowest BCUT2D eigenvalue weighted by atomic mass is 9.72. The molecule has 1 aliphatic carbocycles. The smallest absolute Gasteiger partial charge is 0.0598 e. The molecule has 19 heavy (non-hydrogen) atoms. The first-order chi connectivity index (χ1) is 9.03. The monoisotopic (exact) mass is 259 g/mol. The lowest BCUT2D eigenvalue weighted by molar-refractivity contribution is -0.0598. The topological polar surface area (TPSA) is 21.3 Å². The van der Waals surface area contributed by atoms with Crippen LogP contribution in [0.5, 0.6) is 0 Å². The summed E-state index contributed by atoms with van der Waals surface area (Å²) >= 11 is 0. The first-order valence-corrected chi connectivity index (χ1v) is 7.42. The second kappa shape index (κ2) is 4.60. The molecule has 1 aliphatic heterocycles. The minimum Gasteiger partial charge on any atom is -0.379 e. The Labute approximate surface area is 116 Å². The molecule has 1 N–H and O–H groups in total. The molecule has 1 saturated carbocycles. The highest BCUT2D eigenvalue weighted by molar-refractivity contribution is 5.49. The minimum absolute atomic E-state index is 0.216. The summed E-state index contributed by atoms with van der Waals surface area (Å²) in [5.74, 6) is 0. The van der Waals surface area contributed by atoms with Crippen LogP contribution >= 0.6 is 0 Å². The van der Waals surface area contributed by atoms with Crippen LogP contribution in [0.3, 0.4) is 0 Å². The third-order valence-electron chi connectivity index (χ3n) is 4.96. The first kappa shape index (κ1) is 13.1. The molecule has 0 bridgehead atoms. The van der Waals surface area contributed by atoms with Crippen molar-refractivity contribution < 1.29 is 4.74 Å². The molecule has 0 unspecified atom stereocenters. The van der Waals surface area contributed by atoms with Crippen LogP contribution < -0.4 is 5.32 Å². The Bertz CT molecular complexity index is 472. The molecule has 0 aromatic heterocycles. The minimum atomic E-state index is 0.216. The van der Waals surface area contributed by atoms with Crippen molar-refractivity contribution in [3.63, 3.8) is 0 Å². The van der Waals surface area contributed by atoms with Crippen molar-refractivity contribution in [3.05, 3.63) is 33.9 Å². The van der Waals surface area contributed by atoms with Gasteiger partial charge in [-0.1, -0.05) is 6.07 Å². The molecule has 1 saturated heterocycles. The van der Waals surface area contributed by atoms with Gasteiger partial charge in [0.1, 0.15) is 0 Å². The van der Waals surface area contributed by atoms with Crippen LogP contribution in [0.4, 0.5) is 0 Å². The molecule has 0 radical (unpaired) electrons. The van der Waals surface area contributed by atoms with Gasteiger partial charge in [0.25, 0.3) is 0 Å². The van der Waals surface area contributed by atoms with Crippen molar-refractivity contribution in [2.45, 2.75) is 52.0 Å². The zero-order valence-corrected chi connectivity index (χ0v) is 12.6. The highest BCUT2D eigenvalue weighted by Gasteiger charge is 2.43. The van der Waals surface area contributed by atoms with Gasteiger partial charge >= 0.3 is 0 Å². The van der Waals surface area contributed by atoms with Crippen molar-refractivity contribution >= 4 is 0 Å². The summed E-state index contributed by atoms with van der Waals surface area (Å²) in [6, 6.07) is 3.08. The maximum Gasteiger partial charge on any atom is 0.0598 e. The van der Waals surface area contributed by atoms with Gasteiger partial charge in [-0.15, -0.1) is 0 Å². The quantitative estimate of drug-likeness (QED) is 0.897. The molecule has 1 aromatic rings. The molecule has 0 atom stereocenters. The van der Waals surface area contributed by atoms with E-state index in [1.807, 2.05) is 0 Å². The van der Waals surface area contributed by atoms with Gasteiger partial charge in [-0.05, 0) is 68.4 Å². The fourth-order valence-corrected chi connectivity index (χ4v) is 3.32. The van der Waals surface area contributed by atoms with Crippen LogP contribution in [-0.2, 0) is 10.2 Å². The summed E-state index contributed by atoms with van der Waals surface area (Å²) in [5, 5.41) is 3.71. The molecular weight excluding hydrogens is 234 g/mol. The third-order valence-corrected chi connectivity index (χ3v) is 4.96. The Hall–Kier alpha value is -0.860. The molecule has 1 aromatic carbocycles. The number of aryl methyl sites for hydroxylation is 2. The van der Waals surface area contributed by atoms with Gasteiger partial charge in [-0.3, -0.25) is 0 Å². The summed E-state index contributed by atoms with van der Waals surface area (Å²) in [7, 11) is 0. The first-order valence-electron chi connectivity index (χ1n) is 7.42. The molecular formula is C17H25NO. The Balaban J connectivity index is 1.97. The van der Waals surface area contributed by atoms with E-state index in [9.17, 15) is 0 Å². The van der Waals surface area contributed by atoms with E-state index in [0.29, 0.717) is 0 Å². The maximum atomic E-state index is 5.60. The number of nitrogens with one attached hydrogen (secondary N) is 1. The van der Waals surface area contributed by atoms with E-state index in [1.165, 1.54) is 35.1 Å². The van der Waals surface area contributed by atoms with E-state index in [0.717, 1.165) is 25.8 Å². The second-order valence-corrected chi connectivity index (χ2v) is 6.56. The predicted molar refractivity (Wildman–Crippen MR) is 78.9 cm³/mol. The van der Waals surface area contributed by atoms with Crippen LogP contribution in [0.15, 0.2) is 6.07 Å². The van der Waals surface area contributed by atoms with E-state index >= 15 is 0 Å². The summed E-state index contributed by atoms with van der Waals surface area (Å²) in [6.07, 6.45) is 2.70. The predicted octanol–water partition coefficient (Wildman–Crippen LogP) is 2.94. The number of rotatable bonds is 4. The third kappa shape index (κ3) is 2.21. The largest absolute Gasteiger partial charge is 0.379 e. The summed E-state index contributed by atoms with van der Waals surface area (Å²) in [5.41, 5.74) is 7.51. The van der Waals surface area contributed by atoms with E-state index in [-0.39, 0.29) is 5.41 Å². The van der Waals surface area contributed by atoms with E-state index < -0.39 is 0 Å². The average Bonchev–Trinajstić information content (AvgIpc) is 3.12. The molecule has 0 amide bonds. The molecule has 2 nitrogen and oxygen atoms in total.